The topological polar surface area (TPSA) is 89.9 Å². The molecule has 0 aliphatic carbocycles. The molecule has 0 aromatic heterocycles. The lowest BCUT2D eigenvalue weighted by Crippen LogP contribution is -2.42. The summed E-state index contributed by atoms with van der Waals surface area (Å²) in [7, 11) is 0. The molecule has 0 spiro atoms. The summed E-state index contributed by atoms with van der Waals surface area (Å²) in [6.07, 6.45) is 0.722. The van der Waals surface area contributed by atoms with Gasteiger partial charge in [0.05, 0.1) is 5.56 Å². The molecule has 28 heavy (non-hydrogen) atoms. The average molecular weight is 381 g/mol. The second kappa shape index (κ2) is 9.03. The zero-order valence-electron chi connectivity index (χ0n) is 15.5. The first-order valence-electron chi connectivity index (χ1n) is 9.24. The lowest BCUT2D eigenvalue weighted by atomic mass is 10.1. The van der Waals surface area contributed by atoms with Gasteiger partial charge in [0.2, 0.25) is 0 Å². The maximum atomic E-state index is 12.6. The number of carboxylic acids is 1. The molecular formula is C21H23N3O4. The maximum Gasteiger partial charge on any atom is 0.335 e. The predicted molar refractivity (Wildman–Crippen MR) is 104 cm³/mol. The van der Waals surface area contributed by atoms with Crippen LogP contribution in [0.5, 0.6) is 0 Å². The van der Waals surface area contributed by atoms with E-state index in [1.54, 1.807) is 34.1 Å². The summed E-state index contributed by atoms with van der Waals surface area (Å²) in [5, 5.41) is 11.8. The third-order valence-corrected chi connectivity index (χ3v) is 4.74. The third-order valence-electron chi connectivity index (χ3n) is 4.74. The summed E-state index contributed by atoms with van der Waals surface area (Å²) >= 11 is 0. The molecule has 3 amide bonds. The molecule has 0 bridgehead atoms. The number of rotatable bonds is 4. The number of aromatic carboxylic acids is 1. The lowest BCUT2D eigenvalue weighted by Gasteiger charge is -2.22. The molecule has 3 rings (SSSR count). The number of carbonyl (C=O) groups is 3. The van der Waals surface area contributed by atoms with Gasteiger partial charge in [0.1, 0.15) is 0 Å². The number of benzene rings is 2. The van der Waals surface area contributed by atoms with Gasteiger partial charge in [0.15, 0.2) is 0 Å². The summed E-state index contributed by atoms with van der Waals surface area (Å²) in [6.45, 7) is 2.50. The number of hydrogen-bond acceptors (Lipinski definition) is 3. The van der Waals surface area contributed by atoms with E-state index in [1.807, 2.05) is 18.2 Å². The van der Waals surface area contributed by atoms with Crippen LogP contribution in [0.4, 0.5) is 4.79 Å². The van der Waals surface area contributed by atoms with Crippen LogP contribution in [-0.2, 0) is 6.54 Å². The normalized spacial score (nSPS) is 14.3. The summed E-state index contributed by atoms with van der Waals surface area (Å²) < 4.78 is 0. The van der Waals surface area contributed by atoms with Crippen molar-refractivity contribution < 1.29 is 19.5 Å². The van der Waals surface area contributed by atoms with Gasteiger partial charge >= 0.3 is 12.0 Å². The Bertz CT molecular complexity index is 836. The fourth-order valence-corrected chi connectivity index (χ4v) is 3.14. The highest BCUT2D eigenvalue weighted by atomic mass is 16.4. The van der Waals surface area contributed by atoms with Crippen LogP contribution < -0.4 is 5.32 Å². The van der Waals surface area contributed by atoms with Crippen molar-refractivity contribution in [3.05, 3.63) is 71.3 Å². The van der Waals surface area contributed by atoms with Crippen molar-refractivity contribution in [2.24, 2.45) is 0 Å². The Morgan fingerprint density at radius 3 is 2.14 bits per heavy atom. The molecule has 146 valence electrons. The minimum atomic E-state index is -0.977. The van der Waals surface area contributed by atoms with Crippen molar-refractivity contribution in [3.63, 3.8) is 0 Å². The Morgan fingerprint density at radius 2 is 1.46 bits per heavy atom. The second-order valence-corrected chi connectivity index (χ2v) is 6.66. The molecule has 2 aromatic rings. The van der Waals surface area contributed by atoms with Gasteiger partial charge in [-0.2, -0.15) is 0 Å². The SMILES string of the molecule is O=C(O)c1ccc(CNC(=O)N2CCCN(C(=O)c3ccccc3)CC2)cc1. The van der Waals surface area contributed by atoms with E-state index in [1.165, 1.54) is 12.1 Å². The monoisotopic (exact) mass is 381 g/mol. The average Bonchev–Trinajstić information content (AvgIpc) is 2.99. The molecule has 0 radical (unpaired) electrons. The highest BCUT2D eigenvalue weighted by molar-refractivity contribution is 5.94. The summed E-state index contributed by atoms with van der Waals surface area (Å²) in [5.74, 6) is -0.990. The smallest absolute Gasteiger partial charge is 0.335 e. The van der Waals surface area contributed by atoms with Crippen LogP contribution in [-0.4, -0.2) is 59.0 Å². The van der Waals surface area contributed by atoms with Gasteiger partial charge < -0.3 is 20.2 Å². The van der Waals surface area contributed by atoms with Gasteiger partial charge in [-0.25, -0.2) is 9.59 Å². The number of amides is 3. The van der Waals surface area contributed by atoms with E-state index in [-0.39, 0.29) is 17.5 Å². The van der Waals surface area contributed by atoms with Crippen LogP contribution >= 0.6 is 0 Å². The van der Waals surface area contributed by atoms with Crippen molar-refractivity contribution in [2.45, 2.75) is 13.0 Å². The molecule has 0 saturated carbocycles. The van der Waals surface area contributed by atoms with Gasteiger partial charge in [0, 0.05) is 38.3 Å². The van der Waals surface area contributed by atoms with Crippen molar-refractivity contribution >= 4 is 17.9 Å². The molecule has 0 atom stereocenters. The molecule has 1 aliphatic heterocycles. The van der Waals surface area contributed by atoms with Crippen molar-refractivity contribution in [1.29, 1.82) is 0 Å². The highest BCUT2D eigenvalue weighted by Crippen LogP contribution is 2.10. The van der Waals surface area contributed by atoms with E-state index in [2.05, 4.69) is 5.32 Å². The summed E-state index contributed by atoms with van der Waals surface area (Å²) in [5.41, 5.74) is 1.70. The Balaban J connectivity index is 1.51. The molecule has 7 heteroatoms. The van der Waals surface area contributed by atoms with E-state index < -0.39 is 5.97 Å². The third kappa shape index (κ3) is 4.88. The number of carbonyl (C=O) groups excluding carboxylic acids is 2. The van der Waals surface area contributed by atoms with E-state index in [4.69, 9.17) is 5.11 Å². The highest BCUT2D eigenvalue weighted by Gasteiger charge is 2.22. The Labute approximate surface area is 163 Å². The second-order valence-electron chi connectivity index (χ2n) is 6.66. The quantitative estimate of drug-likeness (QED) is 0.851. The van der Waals surface area contributed by atoms with Crippen molar-refractivity contribution in [1.82, 2.24) is 15.1 Å². The Morgan fingerprint density at radius 1 is 0.821 bits per heavy atom. The van der Waals surface area contributed by atoms with Crippen LogP contribution in [0.1, 0.15) is 32.7 Å². The molecule has 0 unspecified atom stereocenters. The van der Waals surface area contributed by atoms with Crippen LogP contribution in [0.2, 0.25) is 0 Å². The minimum absolute atomic E-state index is 0.0126. The zero-order chi connectivity index (χ0) is 19.9. The van der Waals surface area contributed by atoms with Crippen LogP contribution in [0.15, 0.2) is 54.6 Å². The zero-order valence-corrected chi connectivity index (χ0v) is 15.5. The van der Waals surface area contributed by atoms with Gasteiger partial charge in [-0.1, -0.05) is 30.3 Å². The van der Waals surface area contributed by atoms with Crippen LogP contribution in [0, 0.1) is 0 Å². The molecule has 2 N–H and O–H groups in total. The standard InChI is InChI=1S/C21H23N3O4/c25-19(17-5-2-1-3-6-17)23-11-4-12-24(14-13-23)21(28)22-15-16-7-9-18(10-8-16)20(26)27/h1-3,5-10H,4,11-15H2,(H,22,28)(H,26,27). The minimum Gasteiger partial charge on any atom is -0.478 e. The number of hydrogen-bond donors (Lipinski definition) is 2. The Kier molecular flexibility index (Phi) is 6.26. The van der Waals surface area contributed by atoms with E-state index in [9.17, 15) is 14.4 Å². The van der Waals surface area contributed by atoms with Gasteiger partial charge in [-0.3, -0.25) is 4.79 Å². The van der Waals surface area contributed by atoms with Crippen molar-refractivity contribution in [2.75, 3.05) is 26.2 Å². The summed E-state index contributed by atoms with van der Waals surface area (Å²) in [6, 6.07) is 15.4. The van der Waals surface area contributed by atoms with E-state index in [0.717, 1.165) is 12.0 Å². The molecular weight excluding hydrogens is 358 g/mol. The van der Waals surface area contributed by atoms with E-state index in [0.29, 0.717) is 38.3 Å². The number of carboxylic acid groups (broad SMARTS) is 1. The predicted octanol–water partition coefficient (Wildman–Crippen LogP) is 2.44. The Hall–Kier alpha value is -3.35. The summed E-state index contributed by atoms with van der Waals surface area (Å²) in [4.78, 5) is 39.4. The van der Waals surface area contributed by atoms with Gasteiger partial charge in [0.25, 0.3) is 5.91 Å². The number of urea groups is 1. The first-order chi connectivity index (χ1) is 13.5. The fraction of sp³-hybridized carbons (Fsp3) is 0.286. The molecule has 7 nitrogen and oxygen atoms in total. The molecule has 1 heterocycles. The lowest BCUT2D eigenvalue weighted by molar-refractivity contribution is 0.0695. The number of nitrogens with one attached hydrogen (secondary N) is 1. The van der Waals surface area contributed by atoms with Crippen LogP contribution in [0.25, 0.3) is 0 Å². The van der Waals surface area contributed by atoms with E-state index >= 15 is 0 Å². The number of nitrogens with zero attached hydrogens (tertiary/aromatic N) is 2. The molecule has 2 aromatic carbocycles. The van der Waals surface area contributed by atoms with Gasteiger partial charge in [-0.15, -0.1) is 0 Å². The van der Waals surface area contributed by atoms with Crippen molar-refractivity contribution in [3.8, 4) is 0 Å². The molecule has 1 aliphatic rings. The van der Waals surface area contributed by atoms with Crippen LogP contribution in [0.3, 0.4) is 0 Å². The maximum absolute atomic E-state index is 12.6. The first-order valence-corrected chi connectivity index (χ1v) is 9.24. The fourth-order valence-electron chi connectivity index (χ4n) is 3.14. The molecule has 1 saturated heterocycles. The van der Waals surface area contributed by atoms with Gasteiger partial charge in [-0.05, 0) is 36.2 Å². The largest absolute Gasteiger partial charge is 0.478 e. The first kappa shape index (κ1) is 19.4. The molecule has 1 fully saturated rings.